The first kappa shape index (κ1) is 24.6. The summed E-state index contributed by atoms with van der Waals surface area (Å²) in [6.07, 6.45) is 5.22. The number of aromatic nitrogens is 3. The number of pyridine rings is 2. The summed E-state index contributed by atoms with van der Waals surface area (Å²) < 4.78 is 11.0. The molecule has 1 N–H and O–H groups in total. The third-order valence-electron chi connectivity index (χ3n) is 7.16. The van der Waals surface area contributed by atoms with Gasteiger partial charge in [-0.15, -0.1) is 0 Å². The Balaban J connectivity index is 1.22. The van der Waals surface area contributed by atoms with Crippen molar-refractivity contribution in [2.24, 2.45) is 0 Å². The molecule has 0 aliphatic heterocycles. The summed E-state index contributed by atoms with van der Waals surface area (Å²) in [7, 11) is 0. The first-order chi connectivity index (χ1) is 19.1. The Kier molecular flexibility index (Phi) is 6.40. The molecule has 3 heterocycles. The average molecular weight is 517 g/mol. The van der Waals surface area contributed by atoms with Gasteiger partial charge in [-0.1, -0.05) is 59.8 Å². The van der Waals surface area contributed by atoms with Gasteiger partial charge in [0, 0.05) is 23.5 Å². The van der Waals surface area contributed by atoms with Crippen molar-refractivity contribution in [2.75, 3.05) is 11.9 Å². The van der Waals surface area contributed by atoms with Gasteiger partial charge in [-0.25, -0.2) is 4.98 Å². The number of esters is 1. The summed E-state index contributed by atoms with van der Waals surface area (Å²) in [5, 5.41) is 7.60. The van der Waals surface area contributed by atoms with Gasteiger partial charge in [0.2, 0.25) is 0 Å². The van der Waals surface area contributed by atoms with E-state index >= 15 is 0 Å². The van der Waals surface area contributed by atoms with Gasteiger partial charge < -0.3 is 14.6 Å². The summed E-state index contributed by atoms with van der Waals surface area (Å²) in [6, 6.07) is 26.1. The van der Waals surface area contributed by atoms with Crippen LogP contribution in [0.3, 0.4) is 0 Å². The number of aryl methyl sites for hydroxylation is 1. The lowest BCUT2D eigenvalue weighted by atomic mass is 9.93. The summed E-state index contributed by atoms with van der Waals surface area (Å²) >= 11 is 0. The minimum absolute atomic E-state index is 0.118. The molecule has 194 valence electrons. The first-order valence-electron chi connectivity index (χ1n) is 13.1. The number of benzene rings is 2. The maximum absolute atomic E-state index is 12.4. The Bertz CT molecular complexity index is 1610. The second kappa shape index (κ2) is 10.2. The Morgan fingerprint density at radius 3 is 2.31 bits per heavy atom. The Morgan fingerprint density at radius 2 is 1.64 bits per heavy atom. The van der Waals surface area contributed by atoms with Gasteiger partial charge in [0.15, 0.2) is 5.76 Å². The summed E-state index contributed by atoms with van der Waals surface area (Å²) in [6.45, 7) is 4.15. The average Bonchev–Trinajstić information content (AvgIpc) is 3.73. The van der Waals surface area contributed by atoms with Gasteiger partial charge >= 0.3 is 5.97 Å². The van der Waals surface area contributed by atoms with Gasteiger partial charge in [0.05, 0.1) is 17.7 Å². The zero-order valence-corrected chi connectivity index (χ0v) is 21.8. The first-order valence-corrected chi connectivity index (χ1v) is 13.1. The van der Waals surface area contributed by atoms with Crippen LogP contribution < -0.4 is 5.32 Å². The Labute approximate surface area is 226 Å². The van der Waals surface area contributed by atoms with Crippen LogP contribution in [0.5, 0.6) is 0 Å². The lowest BCUT2D eigenvalue weighted by Crippen LogP contribution is -2.23. The van der Waals surface area contributed by atoms with E-state index in [1.807, 2.05) is 68.4 Å². The zero-order chi connectivity index (χ0) is 26.8. The van der Waals surface area contributed by atoms with E-state index in [-0.39, 0.29) is 5.97 Å². The summed E-state index contributed by atoms with van der Waals surface area (Å²) in [5.74, 6) is 1.22. The highest BCUT2D eigenvalue weighted by Crippen LogP contribution is 2.49. The number of nitrogens with zero attached hydrogens (tertiary/aromatic N) is 3. The summed E-state index contributed by atoms with van der Waals surface area (Å²) in [5.41, 5.74) is 6.91. The second-order valence-corrected chi connectivity index (χ2v) is 9.70. The van der Waals surface area contributed by atoms with Crippen molar-refractivity contribution >= 4 is 17.5 Å². The van der Waals surface area contributed by atoms with Crippen molar-refractivity contribution in [2.45, 2.75) is 32.1 Å². The number of carbonyl (C=O) groups is 1. The number of carbonyl (C=O) groups excluding carboxylic acids is 1. The van der Waals surface area contributed by atoms with Gasteiger partial charge in [-0.3, -0.25) is 9.78 Å². The minimum Gasteiger partial charge on any atom is -0.465 e. The second-order valence-electron chi connectivity index (χ2n) is 9.70. The van der Waals surface area contributed by atoms with Crippen LogP contribution in [-0.2, 0) is 14.9 Å². The topological polar surface area (TPSA) is 90.1 Å². The van der Waals surface area contributed by atoms with Crippen LogP contribution in [0.2, 0.25) is 0 Å². The molecule has 1 aliphatic carbocycles. The van der Waals surface area contributed by atoms with Crippen LogP contribution in [0.1, 0.15) is 31.0 Å². The van der Waals surface area contributed by atoms with E-state index in [9.17, 15) is 4.79 Å². The molecular weight excluding hydrogens is 488 g/mol. The predicted octanol–water partition coefficient (Wildman–Crippen LogP) is 7.11. The molecule has 0 amide bonds. The van der Waals surface area contributed by atoms with E-state index in [4.69, 9.17) is 14.2 Å². The molecule has 0 bridgehead atoms. The van der Waals surface area contributed by atoms with E-state index in [0.29, 0.717) is 18.2 Å². The van der Waals surface area contributed by atoms with Gasteiger partial charge in [0.1, 0.15) is 17.2 Å². The van der Waals surface area contributed by atoms with E-state index in [0.717, 1.165) is 57.7 Å². The highest BCUT2D eigenvalue weighted by Gasteiger charge is 2.52. The van der Waals surface area contributed by atoms with Gasteiger partial charge in [-0.05, 0) is 67.6 Å². The monoisotopic (exact) mass is 516 g/mol. The van der Waals surface area contributed by atoms with Crippen molar-refractivity contribution in [1.82, 2.24) is 15.1 Å². The van der Waals surface area contributed by atoms with E-state index in [2.05, 4.69) is 39.7 Å². The fourth-order valence-corrected chi connectivity index (χ4v) is 4.82. The van der Waals surface area contributed by atoms with E-state index in [1.165, 1.54) is 0 Å². The standard InChI is InChI=1S/C32H28N4O3/c1-3-38-31(37)32(17-18-32)26-15-13-23(14-16-26)22-9-11-24(12-10-22)30-29(21(2)36-39-30)35-28-8-4-7-27(34-28)25-6-5-19-33-20-25/h4-16,19-20H,3,17-18H2,1-2H3,(H,34,35). The molecule has 0 atom stereocenters. The number of hydrogen-bond donors (Lipinski definition) is 1. The molecule has 6 rings (SSSR count). The molecule has 7 heteroatoms. The molecule has 0 radical (unpaired) electrons. The molecule has 0 saturated heterocycles. The highest BCUT2D eigenvalue weighted by molar-refractivity contribution is 5.87. The number of rotatable bonds is 8. The quantitative estimate of drug-likeness (QED) is 0.220. The lowest BCUT2D eigenvalue weighted by Gasteiger charge is -2.14. The molecule has 0 unspecified atom stereocenters. The Hall–Kier alpha value is -4.78. The maximum Gasteiger partial charge on any atom is 0.316 e. The van der Waals surface area contributed by atoms with Crippen molar-refractivity contribution in [3.8, 4) is 33.7 Å². The van der Waals surface area contributed by atoms with Crippen LogP contribution in [-0.4, -0.2) is 27.7 Å². The van der Waals surface area contributed by atoms with Crippen molar-refractivity contribution in [1.29, 1.82) is 0 Å². The fourth-order valence-electron chi connectivity index (χ4n) is 4.82. The summed E-state index contributed by atoms with van der Waals surface area (Å²) in [4.78, 5) is 21.4. The van der Waals surface area contributed by atoms with Crippen LogP contribution in [0.4, 0.5) is 11.5 Å². The number of nitrogens with one attached hydrogen (secondary N) is 1. The zero-order valence-electron chi connectivity index (χ0n) is 21.8. The number of hydrogen-bond acceptors (Lipinski definition) is 7. The lowest BCUT2D eigenvalue weighted by molar-refractivity contribution is -0.146. The fraction of sp³-hybridized carbons (Fsp3) is 0.188. The highest BCUT2D eigenvalue weighted by atomic mass is 16.5. The smallest absolute Gasteiger partial charge is 0.316 e. The molecule has 0 spiro atoms. The van der Waals surface area contributed by atoms with Crippen molar-refractivity contribution in [3.05, 3.63) is 103 Å². The van der Waals surface area contributed by atoms with E-state index in [1.54, 1.807) is 12.4 Å². The normalized spacial score (nSPS) is 13.6. The van der Waals surface area contributed by atoms with Crippen LogP contribution in [0, 0.1) is 6.92 Å². The minimum atomic E-state index is -0.460. The predicted molar refractivity (Wildman–Crippen MR) is 150 cm³/mol. The number of ether oxygens (including phenoxy) is 1. The third-order valence-corrected chi connectivity index (χ3v) is 7.16. The van der Waals surface area contributed by atoms with Crippen LogP contribution in [0.25, 0.3) is 33.7 Å². The SMILES string of the molecule is CCOC(=O)C1(c2ccc(-c3ccc(-c4onc(C)c4Nc4cccc(-c5cccnc5)n4)cc3)cc2)CC1. The molecular formula is C32H28N4O3. The third kappa shape index (κ3) is 4.79. The molecule has 5 aromatic rings. The van der Waals surface area contributed by atoms with Crippen LogP contribution in [0.15, 0.2) is 95.8 Å². The molecule has 1 saturated carbocycles. The molecule has 7 nitrogen and oxygen atoms in total. The maximum atomic E-state index is 12.4. The Morgan fingerprint density at radius 1 is 0.923 bits per heavy atom. The van der Waals surface area contributed by atoms with Gasteiger partial charge in [0.25, 0.3) is 0 Å². The van der Waals surface area contributed by atoms with Gasteiger partial charge in [-0.2, -0.15) is 0 Å². The van der Waals surface area contributed by atoms with Crippen molar-refractivity contribution < 1.29 is 14.1 Å². The van der Waals surface area contributed by atoms with E-state index < -0.39 is 5.41 Å². The molecule has 1 fully saturated rings. The molecule has 2 aromatic carbocycles. The molecule has 1 aliphatic rings. The van der Waals surface area contributed by atoms with Crippen LogP contribution >= 0.6 is 0 Å². The molecule has 3 aromatic heterocycles. The van der Waals surface area contributed by atoms with Crippen molar-refractivity contribution in [3.63, 3.8) is 0 Å². The number of anilines is 2. The molecule has 39 heavy (non-hydrogen) atoms. The largest absolute Gasteiger partial charge is 0.465 e.